The monoisotopic (exact) mass is 267 g/mol. The van der Waals surface area contributed by atoms with Gasteiger partial charge in [0.1, 0.15) is 10.6 Å². The first-order valence-corrected chi connectivity index (χ1v) is 7.86. The van der Waals surface area contributed by atoms with Crippen molar-refractivity contribution in [1.29, 1.82) is 0 Å². The molecule has 1 aliphatic heterocycles. The first kappa shape index (κ1) is 11.8. The summed E-state index contributed by atoms with van der Waals surface area (Å²) in [5, 5.41) is 13.1. The summed E-state index contributed by atoms with van der Waals surface area (Å²) in [5.74, 6) is -0.135. The molecule has 0 aromatic heterocycles. The lowest BCUT2D eigenvalue weighted by Crippen LogP contribution is -2.49. The highest BCUT2D eigenvalue weighted by Gasteiger charge is 2.49. The molecule has 1 saturated carbocycles. The Bertz CT molecular complexity index is 574. The molecule has 98 valence electrons. The van der Waals surface area contributed by atoms with E-state index in [1.54, 1.807) is 12.1 Å². The Morgan fingerprint density at radius 1 is 1.17 bits per heavy atom. The number of phenols is 1. The van der Waals surface area contributed by atoms with Gasteiger partial charge in [0.05, 0.1) is 10.4 Å². The molecular formula is C13H17NO3S. The van der Waals surface area contributed by atoms with E-state index in [2.05, 4.69) is 5.32 Å². The van der Waals surface area contributed by atoms with Crippen LogP contribution in [0.5, 0.6) is 5.75 Å². The highest BCUT2D eigenvalue weighted by atomic mass is 32.2. The number of hydrogen-bond acceptors (Lipinski definition) is 4. The third-order valence-corrected chi connectivity index (χ3v) is 6.86. The molecule has 0 radical (unpaired) electrons. The van der Waals surface area contributed by atoms with E-state index in [0.717, 1.165) is 19.3 Å². The van der Waals surface area contributed by atoms with Crippen LogP contribution in [0.15, 0.2) is 23.1 Å². The highest BCUT2D eigenvalue weighted by molar-refractivity contribution is 7.93. The minimum atomic E-state index is -3.45. The van der Waals surface area contributed by atoms with Gasteiger partial charge in [-0.3, -0.25) is 0 Å². The summed E-state index contributed by atoms with van der Waals surface area (Å²) in [4.78, 5) is 0.0955. The molecule has 18 heavy (non-hydrogen) atoms. The number of hydrogen-bond donors (Lipinski definition) is 2. The van der Waals surface area contributed by atoms with Crippen LogP contribution in [-0.4, -0.2) is 24.8 Å². The molecule has 1 fully saturated rings. The van der Waals surface area contributed by atoms with Gasteiger partial charge in [-0.05, 0) is 25.0 Å². The zero-order valence-electron chi connectivity index (χ0n) is 10.1. The third-order valence-electron chi connectivity index (χ3n) is 4.20. The first-order valence-electron chi connectivity index (χ1n) is 6.37. The van der Waals surface area contributed by atoms with Crippen LogP contribution in [0, 0.1) is 0 Å². The molecule has 1 aromatic carbocycles. The summed E-state index contributed by atoms with van der Waals surface area (Å²) in [6, 6.07) is 4.82. The fraction of sp³-hybridized carbons (Fsp3) is 0.538. The predicted molar refractivity (Wildman–Crippen MR) is 69.6 cm³/mol. The van der Waals surface area contributed by atoms with E-state index in [1.807, 2.05) is 0 Å². The van der Waals surface area contributed by atoms with Gasteiger partial charge >= 0.3 is 0 Å². The minimum absolute atomic E-state index is 0.0955. The number of anilines is 1. The van der Waals surface area contributed by atoms with Gasteiger partial charge in [-0.25, -0.2) is 8.42 Å². The number of aromatic hydroxyl groups is 1. The molecule has 0 atom stereocenters. The maximum atomic E-state index is 12.8. The average molecular weight is 267 g/mol. The van der Waals surface area contributed by atoms with Crippen molar-refractivity contribution in [1.82, 2.24) is 0 Å². The van der Waals surface area contributed by atoms with Crippen LogP contribution in [0.25, 0.3) is 0 Å². The molecule has 1 aromatic rings. The SMILES string of the molecule is O=S1(=O)c2c(O)cccc2NCC12CCCCC2. The van der Waals surface area contributed by atoms with Crippen LogP contribution in [-0.2, 0) is 9.84 Å². The molecule has 5 heteroatoms. The van der Waals surface area contributed by atoms with Crippen LogP contribution >= 0.6 is 0 Å². The quantitative estimate of drug-likeness (QED) is 0.757. The maximum Gasteiger partial charge on any atom is 0.191 e. The average Bonchev–Trinajstić information content (AvgIpc) is 2.36. The van der Waals surface area contributed by atoms with Crippen molar-refractivity contribution >= 4 is 15.5 Å². The zero-order valence-corrected chi connectivity index (χ0v) is 11.0. The lowest BCUT2D eigenvalue weighted by Gasteiger charge is -2.40. The fourth-order valence-corrected chi connectivity index (χ4v) is 5.45. The van der Waals surface area contributed by atoms with Crippen molar-refractivity contribution in [2.24, 2.45) is 0 Å². The van der Waals surface area contributed by atoms with Gasteiger partial charge < -0.3 is 10.4 Å². The van der Waals surface area contributed by atoms with Crippen LogP contribution in [0.3, 0.4) is 0 Å². The van der Waals surface area contributed by atoms with Crippen molar-refractivity contribution in [3.63, 3.8) is 0 Å². The minimum Gasteiger partial charge on any atom is -0.507 e. The number of rotatable bonds is 0. The summed E-state index contributed by atoms with van der Waals surface area (Å²) in [7, 11) is -3.45. The number of benzene rings is 1. The smallest absolute Gasteiger partial charge is 0.191 e. The summed E-state index contributed by atoms with van der Waals surface area (Å²) in [6.45, 7) is 0.464. The van der Waals surface area contributed by atoms with Gasteiger partial charge in [-0.15, -0.1) is 0 Å². The molecule has 4 nitrogen and oxygen atoms in total. The van der Waals surface area contributed by atoms with Crippen LogP contribution in [0.2, 0.25) is 0 Å². The standard InChI is InChI=1S/C13H17NO3S/c15-11-6-4-5-10-12(11)18(16,17)13(9-14-10)7-2-1-3-8-13/h4-6,14-15H,1-3,7-9H2. The Balaban J connectivity index is 2.18. The van der Waals surface area contributed by atoms with Gasteiger partial charge in [0.2, 0.25) is 0 Å². The molecule has 2 N–H and O–H groups in total. The van der Waals surface area contributed by atoms with Crippen molar-refractivity contribution in [3.8, 4) is 5.75 Å². The van der Waals surface area contributed by atoms with E-state index in [0.29, 0.717) is 25.1 Å². The molecular weight excluding hydrogens is 250 g/mol. The summed E-state index contributed by atoms with van der Waals surface area (Å²) in [6.07, 6.45) is 4.38. The summed E-state index contributed by atoms with van der Waals surface area (Å²) >= 11 is 0. The van der Waals surface area contributed by atoms with E-state index in [1.165, 1.54) is 6.07 Å². The summed E-state index contributed by atoms with van der Waals surface area (Å²) < 4.78 is 24.9. The Morgan fingerprint density at radius 2 is 1.89 bits per heavy atom. The second-order valence-corrected chi connectivity index (χ2v) is 7.54. The largest absolute Gasteiger partial charge is 0.507 e. The molecule has 0 bridgehead atoms. The van der Waals surface area contributed by atoms with Gasteiger partial charge in [-0.1, -0.05) is 25.3 Å². The van der Waals surface area contributed by atoms with Crippen LogP contribution in [0.4, 0.5) is 5.69 Å². The molecule has 3 rings (SSSR count). The Morgan fingerprint density at radius 3 is 2.61 bits per heavy atom. The van der Waals surface area contributed by atoms with Crippen molar-refractivity contribution in [2.45, 2.75) is 41.7 Å². The van der Waals surface area contributed by atoms with Crippen LogP contribution < -0.4 is 5.32 Å². The molecule has 0 unspecified atom stereocenters. The van der Waals surface area contributed by atoms with E-state index in [-0.39, 0.29) is 10.6 Å². The predicted octanol–water partition coefficient (Wildman–Crippen LogP) is 2.29. The highest BCUT2D eigenvalue weighted by Crippen LogP contribution is 2.46. The lowest BCUT2D eigenvalue weighted by atomic mass is 9.88. The number of phenolic OH excluding ortho intramolecular Hbond substituents is 1. The number of fused-ring (bicyclic) bond motifs is 1. The van der Waals surface area contributed by atoms with Gasteiger partial charge in [0.25, 0.3) is 0 Å². The first-order chi connectivity index (χ1) is 8.57. The Hall–Kier alpha value is -1.23. The zero-order chi connectivity index (χ0) is 12.8. The molecule has 1 spiro atoms. The molecule has 2 aliphatic rings. The summed E-state index contributed by atoms with van der Waals surface area (Å²) in [5.41, 5.74) is 0.534. The fourth-order valence-electron chi connectivity index (χ4n) is 3.16. The Labute approximate surface area is 107 Å². The molecule has 1 aliphatic carbocycles. The van der Waals surface area contributed by atoms with Crippen molar-refractivity contribution in [2.75, 3.05) is 11.9 Å². The lowest BCUT2D eigenvalue weighted by molar-refractivity contribution is 0.377. The third kappa shape index (κ3) is 1.46. The van der Waals surface area contributed by atoms with Gasteiger partial charge in [-0.2, -0.15) is 0 Å². The van der Waals surface area contributed by atoms with E-state index in [4.69, 9.17) is 0 Å². The van der Waals surface area contributed by atoms with Gasteiger partial charge in [0, 0.05) is 6.54 Å². The topological polar surface area (TPSA) is 66.4 Å². The van der Waals surface area contributed by atoms with Crippen molar-refractivity contribution in [3.05, 3.63) is 18.2 Å². The molecule has 0 saturated heterocycles. The van der Waals surface area contributed by atoms with E-state index >= 15 is 0 Å². The molecule has 1 heterocycles. The van der Waals surface area contributed by atoms with Crippen LogP contribution in [0.1, 0.15) is 32.1 Å². The van der Waals surface area contributed by atoms with E-state index < -0.39 is 14.6 Å². The van der Waals surface area contributed by atoms with E-state index in [9.17, 15) is 13.5 Å². The second-order valence-electron chi connectivity index (χ2n) is 5.25. The molecule has 0 amide bonds. The second kappa shape index (κ2) is 3.88. The Kier molecular flexibility index (Phi) is 2.55. The van der Waals surface area contributed by atoms with Gasteiger partial charge in [0.15, 0.2) is 9.84 Å². The maximum absolute atomic E-state index is 12.8. The number of nitrogens with one attached hydrogen (secondary N) is 1. The number of sulfone groups is 1. The normalized spacial score (nSPS) is 24.2. The van der Waals surface area contributed by atoms with Crippen molar-refractivity contribution < 1.29 is 13.5 Å².